The molecule has 1 heterocycles. The average Bonchev–Trinajstić information content (AvgIpc) is 2.34. The second-order valence-corrected chi connectivity index (χ2v) is 3.93. The summed E-state index contributed by atoms with van der Waals surface area (Å²) in [5.41, 5.74) is 2.26. The van der Waals surface area contributed by atoms with Crippen LogP contribution in [-0.4, -0.2) is 17.6 Å². The maximum Gasteiger partial charge on any atom is 0.302 e. The topological polar surface area (TPSA) is 39.2 Å². The summed E-state index contributed by atoms with van der Waals surface area (Å²) in [6.45, 7) is 1.91. The summed E-state index contributed by atoms with van der Waals surface area (Å²) < 4.78 is 4.92. The van der Waals surface area contributed by atoms with Gasteiger partial charge in [-0.2, -0.15) is 0 Å². The van der Waals surface area contributed by atoms with Crippen LogP contribution in [0.3, 0.4) is 0 Å². The van der Waals surface area contributed by atoms with E-state index in [0.29, 0.717) is 6.61 Å². The minimum absolute atomic E-state index is 0.218. The number of pyridine rings is 1. The fourth-order valence-corrected chi connectivity index (χ4v) is 1.86. The normalized spacial score (nSPS) is 10.4. The summed E-state index contributed by atoms with van der Waals surface area (Å²) in [6.07, 6.45) is 3.54. The van der Waals surface area contributed by atoms with E-state index in [-0.39, 0.29) is 5.97 Å². The highest BCUT2D eigenvalue weighted by Gasteiger charge is 2.01. The number of fused-ring (bicyclic) bond motifs is 1. The van der Waals surface area contributed by atoms with Gasteiger partial charge in [-0.25, -0.2) is 0 Å². The van der Waals surface area contributed by atoms with E-state index in [0.717, 1.165) is 18.4 Å². The lowest BCUT2D eigenvalue weighted by Gasteiger charge is -2.06. The number of aromatic nitrogens is 1. The first kappa shape index (κ1) is 11.6. The molecule has 0 fully saturated rings. The zero-order valence-corrected chi connectivity index (χ0v) is 9.85. The van der Waals surface area contributed by atoms with E-state index in [9.17, 15) is 4.79 Å². The number of benzene rings is 1. The third kappa shape index (κ3) is 3.03. The maximum atomic E-state index is 10.6. The molecule has 1 aromatic heterocycles. The lowest BCUT2D eigenvalue weighted by Crippen LogP contribution is -2.01. The first-order chi connectivity index (χ1) is 8.27. The first-order valence-electron chi connectivity index (χ1n) is 5.73. The Morgan fingerprint density at radius 1 is 1.29 bits per heavy atom. The number of esters is 1. The van der Waals surface area contributed by atoms with E-state index in [1.165, 1.54) is 17.9 Å². The molecule has 88 valence electrons. The van der Waals surface area contributed by atoms with Crippen molar-refractivity contribution in [3.8, 4) is 0 Å². The van der Waals surface area contributed by atoms with Crippen molar-refractivity contribution < 1.29 is 9.53 Å². The molecule has 0 saturated carbocycles. The lowest BCUT2D eigenvalue weighted by molar-refractivity contribution is -0.141. The summed E-state index contributed by atoms with van der Waals surface area (Å²) >= 11 is 0. The van der Waals surface area contributed by atoms with Crippen LogP contribution in [-0.2, 0) is 16.0 Å². The standard InChI is InChI=1S/C14H15NO2/c1-11(16)17-10-4-6-12-5-2-8-14-13(12)7-3-9-15-14/h2-3,5,7-9H,4,6,10H2,1H3. The maximum absolute atomic E-state index is 10.6. The zero-order chi connectivity index (χ0) is 12.1. The summed E-state index contributed by atoms with van der Waals surface area (Å²) in [5.74, 6) is -0.218. The molecule has 1 aromatic carbocycles. The Morgan fingerprint density at radius 3 is 3.00 bits per heavy atom. The zero-order valence-electron chi connectivity index (χ0n) is 9.85. The lowest BCUT2D eigenvalue weighted by atomic mass is 10.0. The third-order valence-electron chi connectivity index (χ3n) is 2.63. The fourth-order valence-electron chi connectivity index (χ4n) is 1.86. The number of rotatable bonds is 4. The van der Waals surface area contributed by atoms with Gasteiger partial charge in [0.25, 0.3) is 0 Å². The quantitative estimate of drug-likeness (QED) is 0.597. The third-order valence-corrected chi connectivity index (χ3v) is 2.63. The van der Waals surface area contributed by atoms with Gasteiger partial charge >= 0.3 is 5.97 Å². The highest BCUT2D eigenvalue weighted by molar-refractivity contribution is 5.81. The Kier molecular flexibility index (Phi) is 3.70. The molecule has 0 radical (unpaired) electrons. The second kappa shape index (κ2) is 5.43. The molecule has 3 heteroatoms. The highest BCUT2D eigenvalue weighted by Crippen LogP contribution is 2.17. The molecule has 0 bridgehead atoms. The van der Waals surface area contributed by atoms with Crippen LogP contribution < -0.4 is 0 Å². The smallest absolute Gasteiger partial charge is 0.302 e. The van der Waals surface area contributed by atoms with E-state index in [1.54, 1.807) is 6.20 Å². The van der Waals surface area contributed by atoms with Gasteiger partial charge in [0.2, 0.25) is 0 Å². The summed E-state index contributed by atoms with van der Waals surface area (Å²) in [4.78, 5) is 14.9. The number of hydrogen-bond donors (Lipinski definition) is 0. The SMILES string of the molecule is CC(=O)OCCCc1cccc2ncccc12. The van der Waals surface area contributed by atoms with Crippen molar-refractivity contribution in [2.24, 2.45) is 0 Å². The number of ether oxygens (including phenoxy) is 1. The molecule has 0 N–H and O–H groups in total. The molecule has 0 amide bonds. The molecule has 0 unspecified atom stereocenters. The molecule has 0 aliphatic carbocycles. The van der Waals surface area contributed by atoms with Crippen LogP contribution >= 0.6 is 0 Å². The van der Waals surface area contributed by atoms with Gasteiger partial charge < -0.3 is 4.74 Å². The number of hydrogen-bond acceptors (Lipinski definition) is 3. The van der Waals surface area contributed by atoms with Crippen LogP contribution in [0.25, 0.3) is 10.9 Å². The Labute approximate surface area is 100 Å². The predicted octanol–water partition coefficient (Wildman–Crippen LogP) is 2.73. The van der Waals surface area contributed by atoms with E-state index in [1.807, 2.05) is 18.2 Å². The Balaban J connectivity index is 2.05. The van der Waals surface area contributed by atoms with Gasteiger partial charge in [-0.05, 0) is 30.5 Å². The number of carbonyl (C=O) groups is 1. The van der Waals surface area contributed by atoms with Gasteiger partial charge in [-0.1, -0.05) is 18.2 Å². The van der Waals surface area contributed by atoms with Gasteiger partial charge in [0, 0.05) is 18.5 Å². The molecule has 17 heavy (non-hydrogen) atoms. The van der Waals surface area contributed by atoms with Crippen LogP contribution in [0.5, 0.6) is 0 Å². The molecule has 2 rings (SSSR count). The van der Waals surface area contributed by atoms with Gasteiger partial charge in [0.05, 0.1) is 12.1 Å². The molecule has 3 nitrogen and oxygen atoms in total. The Bertz CT molecular complexity index is 517. The number of carbonyl (C=O) groups excluding carboxylic acids is 1. The number of aryl methyl sites for hydroxylation is 1. The van der Waals surface area contributed by atoms with Crippen molar-refractivity contribution in [2.45, 2.75) is 19.8 Å². The van der Waals surface area contributed by atoms with Crippen molar-refractivity contribution in [3.63, 3.8) is 0 Å². The van der Waals surface area contributed by atoms with Crippen molar-refractivity contribution in [3.05, 3.63) is 42.1 Å². The minimum atomic E-state index is -0.218. The van der Waals surface area contributed by atoms with Gasteiger partial charge in [-0.15, -0.1) is 0 Å². The monoisotopic (exact) mass is 229 g/mol. The Morgan fingerprint density at radius 2 is 2.18 bits per heavy atom. The fraction of sp³-hybridized carbons (Fsp3) is 0.286. The van der Waals surface area contributed by atoms with Crippen LogP contribution in [0.15, 0.2) is 36.5 Å². The van der Waals surface area contributed by atoms with E-state index in [2.05, 4.69) is 17.1 Å². The van der Waals surface area contributed by atoms with Crippen LogP contribution in [0.4, 0.5) is 0 Å². The van der Waals surface area contributed by atoms with Crippen molar-refractivity contribution in [1.29, 1.82) is 0 Å². The van der Waals surface area contributed by atoms with Crippen LogP contribution in [0, 0.1) is 0 Å². The molecular weight excluding hydrogens is 214 g/mol. The molecule has 0 saturated heterocycles. The largest absolute Gasteiger partial charge is 0.466 e. The molecule has 0 spiro atoms. The van der Waals surface area contributed by atoms with Crippen LogP contribution in [0.2, 0.25) is 0 Å². The van der Waals surface area contributed by atoms with Gasteiger partial charge in [0.1, 0.15) is 0 Å². The van der Waals surface area contributed by atoms with E-state index >= 15 is 0 Å². The highest BCUT2D eigenvalue weighted by atomic mass is 16.5. The van der Waals surface area contributed by atoms with Crippen molar-refractivity contribution >= 4 is 16.9 Å². The van der Waals surface area contributed by atoms with Crippen molar-refractivity contribution in [2.75, 3.05) is 6.61 Å². The summed E-state index contributed by atoms with van der Waals surface area (Å²) in [6, 6.07) is 10.1. The minimum Gasteiger partial charge on any atom is -0.466 e. The first-order valence-corrected chi connectivity index (χ1v) is 5.73. The molecule has 2 aromatic rings. The predicted molar refractivity (Wildman–Crippen MR) is 66.7 cm³/mol. The number of nitrogens with zero attached hydrogens (tertiary/aromatic N) is 1. The summed E-state index contributed by atoms with van der Waals surface area (Å²) in [5, 5.41) is 1.18. The van der Waals surface area contributed by atoms with Gasteiger partial charge in [-0.3, -0.25) is 9.78 Å². The van der Waals surface area contributed by atoms with Crippen LogP contribution in [0.1, 0.15) is 18.9 Å². The Hall–Kier alpha value is -1.90. The van der Waals surface area contributed by atoms with E-state index in [4.69, 9.17) is 4.74 Å². The summed E-state index contributed by atoms with van der Waals surface area (Å²) in [7, 11) is 0. The van der Waals surface area contributed by atoms with Gasteiger partial charge in [0.15, 0.2) is 0 Å². The molecule has 0 aliphatic rings. The molecular formula is C14H15NO2. The average molecular weight is 229 g/mol. The van der Waals surface area contributed by atoms with Crippen molar-refractivity contribution in [1.82, 2.24) is 4.98 Å². The second-order valence-electron chi connectivity index (χ2n) is 3.93. The van der Waals surface area contributed by atoms with E-state index < -0.39 is 0 Å². The molecule has 0 atom stereocenters. The molecule has 0 aliphatic heterocycles.